The second-order valence-corrected chi connectivity index (χ2v) is 5.74. The highest BCUT2D eigenvalue weighted by molar-refractivity contribution is 5.77. The first-order valence-corrected chi connectivity index (χ1v) is 8.35. The quantitative estimate of drug-likeness (QED) is 0.703. The maximum absolute atomic E-state index is 13.2. The van der Waals surface area contributed by atoms with E-state index in [1.807, 2.05) is 42.5 Å². The molecule has 132 valence electrons. The number of hydrogen-bond donors (Lipinski definition) is 1. The van der Waals surface area contributed by atoms with Gasteiger partial charge in [-0.3, -0.25) is 9.78 Å². The first-order valence-electron chi connectivity index (χ1n) is 8.35. The molecule has 0 radical (unpaired) electrons. The van der Waals surface area contributed by atoms with Crippen molar-refractivity contribution in [3.63, 3.8) is 0 Å². The van der Waals surface area contributed by atoms with Crippen molar-refractivity contribution in [1.29, 1.82) is 0 Å². The third-order valence-corrected chi connectivity index (χ3v) is 3.89. The number of carbonyl (C=O) groups is 1. The normalized spacial score (nSPS) is 11.6. The molecule has 0 spiro atoms. The van der Waals surface area contributed by atoms with Gasteiger partial charge in [-0.1, -0.05) is 30.3 Å². The maximum atomic E-state index is 13.2. The third kappa shape index (κ3) is 4.89. The van der Waals surface area contributed by atoms with Crippen LogP contribution in [0.1, 0.15) is 23.6 Å². The molecular formula is C21H19FN2O2. The smallest absolute Gasteiger partial charge is 0.224 e. The number of nitrogens with one attached hydrogen (secondary N) is 1. The molecule has 0 saturated heterocycles. The average Bonchev–Trinajstić information content (AvgIpc) is 2.68. The Morgan fingerprint density at radius 2 is 1.62 bits per heavy atom. The highest BCUT2D eigenvalue weighted by atomic mass is 19.1. The van der Waals surface area contributed by atoms with Crippen LogP contribution >= 0.6 is 0 Å². The summed E-state index contributed by atoms with van der Waals surface area (Å²) in [6.07, 6.45) is 3.55. The second kappa shape index (κ2) is 8.76. The first kappa shape index (κ1) is 17.6. The number of amides is 1. The van der Waals surface area contributed by atoms with Gasteiger partial charge in [-0.2, -0.15) is 0 Å². The standard InChI is InChI=1S/C21H19FN2O2/c22-18-8-6-16(7-9-18)21(17-10-13-23-14-11-17)24-20(25)12-15-26-19-4-2-1-3-5-19/h1-11,13-14,21H,12,15H2,(H,24,25). The summed E-state index contributed by atoms with van der Waals surface area (Å²) < 4.78 is 18.8. The molecule has 3 aromatic rings. The average molecular weight is 350 g/mol. The third-order valence-electron chi connectivity index (χ3n) is 3.89. The topological polar surface area (TPSA) is 51.2 Å². The van der Waals surface area contributed by atoms with Gasteiger partial charge in [0.2, 0.25) is 5.91 Å². The van der Waals surface area contributed by atoms with Crippen molar-refractivity contribution >= 4 is 5.91 Å². The number of ether oxygens (including phenoxy) is 1. The van der Waals surface area contributed by atoms with Crippen LogP contribution in [-0.4, -0.2) is 17.5 Å². The zero-order valence-corrected chi connectivity index (χ0v) is 14.1. The Balaban J connectivity index is 1.65. The van der Waals surface area contributed by atoms with E-state index in [1.54, 1.807) is 24.5 Å². The van der Waals surface area contributed by atoms with Gasteiger partial charge < -0.3 is 10.1 Å². The monoisotopic (exact) mass is 350 g/mol. The molecule has 1 heterocycles. The van der Waals surface area contributed by atoms with Gasteiger partial charge in [0.1, 0.15) is 11.6 Å². The van der Waals surface area contributed by atoms with Gasteiger partial charge in [0.15, 0.2) is 0 Å². The number of rotatable bonds is 7. The SMILES string of the molecule is O=C(CCOc1ccccc1)NC(c1ccncc1)c1ccc(F)cc1. The minimum atomic E-state index is -0.372. The van der Waals surface area contributed by atoms with Crippen LogP contribution in [0, 0.1) is 5.82 Å². The minimum Gasteiger partial charge on any atom is -0.493 e. The fourth-order valence-electron chi connectivity index (χ4n) is 2.58. The highest BCUT2D eigenvalue weighted by Gasteiger charge is 2.17. The van der Waals surface area contributed by atoms with E-state index in [4.69, 9.17) is 4.74 Å². The van der Waals surface area contributed by atoms with Crippen molar-refractivity contribution in [2.75, 3.05) is 6.61 Å². The number of benzene rings is 2. The van der Waals surface area contributed by atoms with Gasteiger partial charge in [-0.25, -0.2) is 4.39 Å². The molecule has 1 atom stereocenters. The van der Waals surface area contributed by atoms with E-state index in [0.717, 1.165) is 16.9 Å². The van der Waals surface area contributed by atoms with Crippen molar-refractivity contribution in [2.24, 2.45) is 0 Å². The molecule has 0 bridgehead atoms. The Morgan fingerprint density at radius 1 is 0.962 bits per heavy atom. The first-order chi connectivity index (χ1) is 12.7. The lowest BCUT2D eigenvalue weighted by Gasteiger charge is -2.20. The van der Waals surface area contributed by atoms with Crippen molar-refractivity contribution in [2.45, 2.75) is 12.5 Å². The molecule has 4 nitrogen and oxygen atoms in total. The van der Waals surface area contributed by atoms with Gasteiger partial charge in [-0.15, -0.1) is 0 Å². The number of pyridine rings is 1. The molecule has 0 aliphatic rings. The predicted molar refractivity (Wildman–Crippen MR) is 97.2 cm³/mol. The Hall–Kier alpha value is -3.21. The number of nitrogens with zero attached hydrogens (tertiary/aromatic N) is 1. The van der Waals surface area contributed by atoms with Crippen LogP contribution in [0.3, 0.4) is 0 Å². The van der Waals surface area contributed by atoms with Crippen LogP contribution in [0.15, 0.2) is 79.1 Å². The van der Waals surface area contributed by atoms with Crippen LogP contribution in [0.4, 0.5) is 4.39 Å². The molecule has 0 fully saturated rings. The van der Waals surface area contributed by atoms with Crippen molar-refractivity contribution < 1.29 is 13.9 Å². The molecule has 0 aliphatic carbocycles. The maximum Gasteiger partial charge on any atom is 0.224 e. The summed E-state index contributed by atoms with van der Waals surface area (Å²) in [6, 6.07) is 18.7. The number of carbonyl (C=O) groups excluding carboxylic acids is 1. The molecule has 1 unspecified atom stereocenters. The molecule has 0 saturated carbocycles. The lowest BCUT2D eigenvalue weighted by Crippen LogP contribution is -2.30. The van der Waals surface area contributed by atoms with Crippen LogP contribution < -0.4 is 10.1 Å². The van der Waals surface area contributed by atoms with E-state index in [9.17, 15) is 9.18 Å². The van der Waals surface area contributed by atoms with Crippen LogP contribution in [0.2, 0.25) is 0 Å². The van der Waals surface area contributed by atoms with Gasteiger partial charge >= 0.3 is 0 Å². The summed E-state index contributed by atoms with van der Waals surface area (Å²) in [5.74, 6) is 0.265. The fraction of sp³-hybridized carbons (Fsp3) is 0.143. The van der Waals surface area contributed by atoms with Crippen molar-refractivity contribution in [3.8, 4) is 5.75 Å². The Morgan fingerprint density at radius 3 is 2.31 bits per heavy atom. The molecule has 1 amide bonds. The van der Waals surface area contributed by atoms with E-state index in [2.05, 4.69) is 10.3 Å². The largest absolute Gasteiger partial charge is 0.493 e. The summed E-state index contributed by atoms with van der Waals surface area (Å²) in [4.78, 5) is 16.4. The summed E-state index contributed by atoms with van der Waals surface area (Å²) in [6.45, 7) is 0.280. The lowest BCUT2D eigenvalue weighted by molar-refractivity contribution is -0.122. The fourth-order valence-corrected chi connectivity index (χ4v) is 2.58. The lowest BCUT2D eigenvalue weighted by atomic mass is 9.99. The number of para-hydroxylation sites is 1. The molecule has 26 heavy (non-hydrogen) atoms. The van der Waals surface area contributed by atoms with Crippen LogP contribution in [0.5, 0.6) is 5.75 Å². The number of aromatic nitrogens is 1. The van der Waals surface area contributed by atoms with E-state index in [0.29, 0.717) is 0 Å². The highest BCUT2D eigenvalue weighted by Crippen LogP contribution is 2.22. The van der Waals surface area contributed by atoms with Crippen molar-refractivity contribution in [1.82, 2.24) is 10.3 Å². The van der Waals surface area contributed by atoms with Crippen LogP contribution in [-0.2, 0) is 4.79 Å². The summed E-state index contributed by atoms with van der Waals surface area (Å²) >= 11 is 0. The van der Waals surface area contributed by atoms with E-state index >= 15 is 0 Å². The molecule has 1 aromatic heterocycles. The molecule has 1 N–H and O–H groups in total. The van der Waals surface area contributed by atoms with Gasteiger partial charge in [-0.05, 0) is 47.5 Å². The van der Waals surface area contributed by atoms with Gasteiger partial charge in [0.05, 0.1) is 19.1 Å². The Labute approximate surface area is 151 Å². The molecule has 5 heteroatoms. The number of hydrogen-bond acceptors (Lipinski definition) is 3. The Kier molecular flexibility index (Phi) is 5.93. The summed E-state index contributed by atoms with van der Waals surface area (Å²) in [7, 11) is 0. The summed E-state index contributed by atoms with van der Waals surface area (Å²) in [5, 5.41) is 2.99. The molecule has 0 aliphatic heterocycles. The second-order valence-electron chi connectivity index (χ2n) is 5.74. The minimum absolute atomic E-state index is 0.146. The van der Waals surface area contributed by atoms with E-state index in [1.165, 1.54) is 12.1 Å². The number of halogens is 1. The predicted octanol–water partition coefficient (Wildman–Crippen LogP) is 3.90. The van der Waals surface area contributed by atoms with Gasteiger partial charge in [0.25, 0.3) is 0 Å². The molecule has 2 aromatic carbocycles. The van der Waals surface area contributed by atoms with Crippen LogP contribution in [0.25, 0.3) is 0 Å². The van der Waals surface area contributed by atoms with Gasteiger partial charge in [0, 0.05) is 12.4 Å². The molecule has 3 rings (SSSR count). The van der Waals surface area contributed by atoms with E-state index < -0.39 is 0 Å². The Bertz CT molecular complexity index is 824. The van der Waals surface area contributed by atoms with E-state index in [-0.39, 0.29) is 30.8 Å². The molecular weight excluding hydrogens is 331 g/mol. The zero-order chi connectivity index (χ0) is 18.2. The zero-order valence-electron chi connectivity index (χ0n) is 14.1. The summed E-state index contributed by atoms with van der Waals surface area (Å²) in [5.41, 5.74) is 1.68. The van der Waals surface area contributed by atoms with Crippen molar-refractivity contribution in [3.05, 3.63) is 96.1 Å².